The van der Waals surface area contributed by atoms with Crippen LogP contribution in [0.2, 0.25) is 0 Å². The van der Waals surface area contributed by atoms with Crippen LogP contribution in [-0.4, -0.2) is 45.5 Å². The summed E-state index contributed by atoms with van der Waals surface area (Å²) in [5.41, 5.74) is 1.35. The van der Waals surface area contributed by atoms with E-state index in [1.807, 2.05) is 0 Å². The molecule has 0 bridgehead atoms. The molecule has 8 heteroatoms. The van der Waals surface area contributed by atoms with Crippen molar-refractivity contribution in [2.45, 2.75) is 0 Å². The number of carboxylic acid groups (broad SMARTS) is 2. The molecule has 0 radical (unpaired) electrons. The molecule has 0 atom stereocenters. The Kier molecular flexibility index (Phi) is 7.43. The largest absolute Gasteiger partial charge is 0.508 e. The highest BCUT2D eigenvalue weighted by molar-refractivity contribution is 5.73. The van der Waals surface area contributed by atoms with Gasteiger partial charge in [0, 0.05) is 11.4 Å². The van der Waals surface area contributed by atoms with Gasteiger partial charge in [0.05, 0.1) is 0 Å². The second-order valence-electron chi connectivity index (χ2n) is 4.59. The summed E-state index contributed by atoms with van der Waals surface area (Å²) < 4.78 is 0. The Morgan fingerprint density at radius 1 is 0.667 bits per heavy atom. The highest BCUT2D eigenvalue weighted by Crippen LogP contribution is 2.13. The number of hydrogen-bond acceptors (Lipinski definition) is 6. The lowest BCUT2D eigenvalue weighted by Gasteiger charge is -2.01. The Bertz CT molecular complexity index is 596. The molecule has 0 saturated heterocycles. The third kappa shape index (κ3) is 8.13. The van der Waals surface area contributed by atoms with Gasteiger partial charge < -0.3 is 31.1 Å². The average Bonchev–Trinajstić information content (AvgIpc) is 2.54. The predicted octanol–water partition coefficient (Wildman–Crippen LogP) is 1.78. The number of aromatic hydroxyl groups is 2. The van der Waals surface area contributed by atoms with E-state index in [2.05, 4.69) is 10.6 Å². The molecule has 0 aliphatic rings. The lowest BCUT2D eigenvalue weighted by Crippen LogP contribution is -2.11. The Labute approximate surface area is 138 Å². The molecule has 0 unspecified atom stereocenters. The molecule has 0 saturated carbocycles. The molecule has 0 aliphatic carbocycles. The molecular formula is C16H18N2O6. The van der Waals surface area contributed by atoms with Crippen molar-refractivity contribution in [2.24, 2.45) is 0 Å². The smallest absolute Gasteiger partial charge is 0.322 e. The van der Waals surface area contributed by atoms with Crippen LogP contribution in [0.25, 0.3) is 0 Å². The minimum Gasteiger partial charge on any atom is -0.508 e. The summed E-state index contributed by atoms with van der Waals surface area (Å²) in [6.45, 7) is -0.241. The summed E-state index contributed by atoms with van der Waals surface area (Å²) in [6, 6.07) is 12.4. The monoisotopic (exact) mass is 334 g/mol. The summed E-state index contributed by atoms with van der Waals surface area (Å²) in [4.78, 5) is 20.3. The van der Waals surface area contributed by atoms with Gasteiger partial charge in [-0.2, -0.15) is 0 Å². The van der Waals surface area contributed by atoms with Crippen molar-refractivity contribution in [2.75, 3.05) is 23.7 Å². The van der Waals surface area contributed by atoms with E-state index in [-0.39, 0.29) is 24.6 Å². The van der Waals surface area contributed by atoms with E-state index >= 15 is 0 Å². The number of benzene rings is 2. The molecule has 2 rings (SSSR count). The van der Waals surface area contributed by atoms with E-state index in [9.17, 15) is 9.59 Å². The minimum atomic E-state index is -0.914. The van der Waals surface area contributed by atoms with Crippen LogP contribution in [0.5, 0.6) is 11.5 Å². The molecule has 0 amide bonds. The molecule has 0 aliphatic heterocycles. The first-order valence-electron chi connectivity index (χ1n) is 6.86. The lowest BCUT2D eigenvalue weighted by molar-refractivity contribution is -0.135. The molecule has 0 spiro atoms. The fourth-order valence-electron chi connectivity index (χ4n) is 1.51. The molecular weight excluding hydrogens is 316 g/mol. The van der Waals surface area contributed by atoms with Crippen molar-refractivity contribution in [1.82, 2.24) is 0 Å². The van der Waals surface area contributed by atoms with Crippen LogP contribution in [0.4, 0.5) is 11.4 Å². The highest BCUT2D eigenvalue weighted by Gasteiger charge is 1.96. The summed E-state index contributed by atoms with van der Waals surface area (Å²) in [5, 5.41) is 39.7. The number of hydrogen-bond donors (Lipinski definition) is 6. The Morgan fingerprint density at radius 2 is 0.958 bits per heavy atom. The molecule has 2 aromatic rings. The van der Waals surface area contributed by atoms with Crippen molar-refractivity contribution in [1.29, 1.82) is 0 Å². The molecule has 6 N–H and O–H groups in total. The van der Waals surface area contributed by atoms with Gasteiger partial charge in [-0.3, -0.25) is 9.59 Å². The number of carboxylic acids is 2. The van der Waals surface area contributed by atoms with Crippen molar-refractivity contribution in [3.05, 3.63) is 48.5 Å². The standard InChI is InChI=1S/2C8H9NO3/c2*10-7-3-1-6(2-4-7)9-5-8(11)12/h2*1-4,9-10H,5H2,(H,11,12). The quantitative estimate of drug-likeness (QED) is 0.439. The van der Waals surface area contributed by atoms with Gasteiger partial charge in [0.25, 0.3) is 0 Å². The second kappa shape index (κ2) is 9.57. The maximum absolute atomic E-state index is 10.1. The number of anilines is 2. The molecule has 128 valence electrons. The van der Waals surface area contributed by atoms with E-state index in [0.717, 1.165) is 0 Å². The van der Waals surface area contributed by atoms with Gasteiger partial charge in [-0.05, 0) is 48.5 Å². The number of aliphatic carboxylic acids is 2. The third-order valence-electron chi connectivity index (χ3n) is 2.62. The first kappa shape index (κ1) is 18.6. The van der Waals surface area contributed by atoms with E-state index in [4.69, 9.17) is 20.4 Å². The fourth-order valence-corrected chi connectivity index (χ4v) is 1.51. The predicted molar refractivity (Wildman–Crippen MR) is 88.5 cm³/mol. The van der Waals surface area contributed by atoms with Crippen LogP contribution >= 0.6 is 0 Å². The zero-order chi connectivity index (χ0) is 17.9. The van der Waals surface area contributed by atoms with Gasteiger partial charge in [0.15, 0.2) is 0 Å². The normalized spacial score (nSPS) is 9.33. The van der Waals surface area contributed by atoms with Gasteiger partial charge in [0.2, 0.25) is 0 Å². The molecule has 0 heterocycles. The second-order valence-corrected chi connectivity index (χ2v) is 4.59. The van der Waals surface area contributed by atoms with E-state index in [1.165, 1.54) is 24.3 Å². The summed E-state index contributed by atoms with van der Waals surface area (Å²) >= 11 is 0. The molecule has 24 heavy (non-hydrogen) atoms. The van der Waals surface area contributed by atoms with Crippen LogP contribution in [0.3, 0.4) is 0 Å². The minimum absolute atomic E-state index is 0.120. The van der Waals surface area contributed by atoms with Crippen molar-refractivity contribution in [3.8, 4) is 11.5 Å². The SMILES string of the molecule is O=C(O)CNc1ccc(O)cc1.O=C(O)CNc1ccc(O)cc1. The number of rotatable bonds is 6. The van der Waals surface area contributed by atoms with Gasteiger partial charge in [-0.1, -0.05) is 0 Å². The van der Waals surface area contributed by atoms with Crippen molar-refractivity contribution >= 4 is 23.3 Å². The van der Waals surface area contributed by atoms with Crippen molar-refractivity contribution < 1.29 is 30.0 Å². The molecule has 8 nitrogen and oxygen atoms in total. The van der Waals surface area contributed by atoms with Crippen LogP contribution in [0.1, 0.15) is 0 Å². The summed E-state index contributed by atoms with van der Waals surface area (Å²) in [7, 11) is 0. The first-order chi connectivity index (χ1) is 11.4. The zero-order valence-corrected chi connectivity index (χ0v) is 12.6. The molecule has 0 fully saturated rings. The van der Waals surface area contributed by atoms with Gasteiger partial charge in [-0.15, -0.1) is 0 Å². The van der Waals surface area contributed by atoms with Gasteiger partial charge in [-0.25, -0.2) is 0 Å². The Balaban J connectivity index is 0.000000240. The maximum atomic E-state index is 10.1. The van der Waals surface area contributed by atoms with E-state index in [1.54, 1.807) is 24.3 Å². The Morgan fingerprint density at radius 3 is 1.21 bits per heavy atom. The number of phenols is 2. The zero-order valence-electron chi connectivity index (χ0n) is 12.6. The van der Waals surface area contributed by atoms with E-state index < -0.39 is 11.9 Å². The van der Waals surface area contributed by atoms with Crippen LogP contribution in [-0.2, 0) is 9.59 Å². The fraction of sp³-hybridized carbons (Fsp3) is 0.125. The maximum Gasteiger partial charge on any atom is 0.322 e. The van der Waals surface area contributed by atoms with Crippen LogP contribution in [0, 0.1) is 0 Å². The third-order valence-corrected chi connectivity index (χ3v) is 2.62. The topological polar surface area (TPSA) is 139 Å². The summed E-state index contributed by atoms with van der Waals surface area (Å²) in [5.74, 6) is -1.50. The number of carbonyl (C=O) groups is 2. The van der Waals surface area contributed by atoms with Crippen molar-refractivity contribution in [3.63, 3.8) is 0 Å². The van der Waals surface area contributed by atoms with Gasteiger partial charge in [0.1, 0.15) is 24.6 Å². The Hall–Kier alpha value is -3.42. The number of nitrogens with one attached hydrogen (secondary N) is 2. The summed E-state index contributed by atoms with van der Waals surface area (Å²) in [6.07, 6.45) is 0. The lowest BCUT2D eigenvalue weighted by atomic mass is 10.3. The van der Waals surface area contributed by atoms with Crippen LogP contribution < -0.4 is 10.6 Å². The first-order valence-corrected chi connectivity index (χ1v) is 6.86. The average molecular weight is 334 g/mol. The van der Waals surface area contributed by atoms with E-state index in [0.29, 0.717) is 11.4 Å². The molecule has 0 aromatic heterocycles. The molecule has 2 aromatic carbocycles. The van der Waals surface area contributed by atoms with Crippen LogP contribution in [0.15, 0.2) is 48.5 Å². The number of phenolic OH excluding ortho intramolecular Hbond substituents is 2. The van der Waals surface area contributed by atoms with Gasteiger partial charge >= 0.3 is 11.9 Å². The highest BCUT2D eigenvalue weighted by atomic mass is 16.4.